The van der Waals surface area contributed by atoms with Crippen LogP contribution in [0.1, 0.15) is 138 Å². The monoisotopic (exact) mass is 703 g/mol. The normalized spacial score (nSPS) is 21.8. The maximum atomic E-state index is 13.5. The Labute approximate surface area is 288 Å². The number of ether oxygens (including phenoxy) is 1. The fourth-order valence-corrected chi connectivity index (χ4v) is 7.82. The summed E-state index contributed by atoms with van der Waals surface area (Å²) < 4.78 is 43.6. The molecule has 0 aromatic carbocycles. The Morgan fingerprint density at radius 2 is 1.60 bits per heavy atom. The fraction of sp³-hybridized carbons (Fsp3) is 0.909. The number of rotatable bonds is 20. The predicted octanol–water partition coefficient (Wildman–Crippen LogP) is 5.83. The summed E-state index contributed by atoms with van der Waals surface area (Å²) in [6.07, 6.45) is 10.4. The molecule has 0 aliphatic carbocycles. The van der Waals surface area contributed by atoms with Crippen LogP contribution in [0.2, 0.25) is 0 Å². The molecule has 3 saturated heterocycles. The zero-order valence-electron chi connectivity index (χ0n) is 30.3. The summed E-state index contributed by atoms with van der Waals surface area (Å²) in [7, 11) is -4.67. The summed E-state index contributed by atoms with van der Waals surface area (Å²) >= 11 is 0. The molecule has 3 aliphatic rings. The summed E-state index contributed by atoms with van der Waals surface area (Å²) in [6, 6.07) is -2.38. The zero-order chi connectivity index (χ0) is 35.5. The molecule has 1 N–H and O–H groups in total. The van der Waals surface area contributed by atoms with E-state index in [1.165, 1.54) is 4.90 Å². The van der Waals surface area contributed by atoms with Crippen molar-refractivity contribution >= 4 is 28.4 Å². The van der Waals surface area contributed by atoms with Crippen molar-refractivity contribution < 1.29 is 40.9 Å². The van der Waals surface area contributed by atoms with Crippen molar-refractivity contribution in [2.75, 3.05) is 26.2 Å². The molecule has 0 spiro atoms. The second kappa shape index (κ2) is 18.2. The standard InChI is InChI=1S/C33H61N5O9S/c1-8-12-20-33(19-11-4,21-13-9-2)37(23-14-10-3)46-48(42,43)47-38-26-17-18-28(36(24-26)30(38)40)29(39)34-44-25-27-16-15-22-35(27)31(41)45-32(5,6)7/h26-28H,8-25H2,1-7H3,(H,34,39)/t26-,27-,28-/m0/s1. The third kappa shape index (κ3) is 10.9. The van der Waals surface area contributed by atoms with Gasteiger partial charge in [0.1, 0.15) is 11.6 Å². The van der Waals surface area contributed by atoms with Crippen LogP contribution in [-0.2, 0) is 33.3 Å². The molecule has 3 heterocycles. The number of hydroxylamine groups is 5. The first-order valence-corrected chi connectivity index (χ1v) is 19.5. The highest BCUT2D eigenvalue weighted by Crippen LogP contribution is 2.36. The first-order chi connectivity index (χ1) is 22.7. The molecule has 3 fully saturated rings. The molecule has 0 unspecified atom stereocenters. The SMILES string of the molecule is CCCCN(OS(=O)(=O)ON1C(=O)N2C[C@@H]1CC[C@H]2C(=O)NOC[C@@H]1CCCN1C(=O)OC(C)(C)C)C(CCC)(CCCC)CCCC. The number of nitrogens with zero attached hydrogens (tertiary/aromatic N) is 4. The van der Waals surface area contributed by atoms with Crippen LogP contribution >= 0.6 is 0 Å². The van der Waals surface area contributed by atoms with Gasteiger partial charge in [0, 0.05) is 25.2 Å². The minimum atomic E-state index is -4.67. The first-order valence-electron chi connectivity index (χ1n) is 18.1. The number of fused-ring (bicyclic) bond motifs is 2. The van der Waals surface area contributed by atoms with Crippen LogP contribution in [0, 0.1) is 0 Å². The van der Waals surface area contributed by atoms with Crippen LogP contribution in [0.4, 0.5) is 9.59 Å². The van der Waals surface area contributed by atoms with E-state index in [0.29, 0.717) is 32.4 Å². The summed E-state index contributed by atoms with van der Waals surface area (Å²) in [5, 5.41) is 2.47. The van der Waals surface area contributed by atoms with E-state index in [0.717, 1.165) is 75.7 Å². The molecule has 14 nitrogen and oxygen atoms in total. The van der Waals surface area contributed by atoms with Gasteiger partial charge in [0.25, 0.3) is 5.91 Å². The number of nitrogens with one attached hydrogen (secondary N) is 1. The number of carbonyl (C=O) groups excluding carboxylic acids is 3. The molecule has 15 heteroatoms. The number of hydrogen-bond acceptors (Lipinski definition) is 10. The van der Waals surface area contributed by atoms with Gasteiger partial charge in [-0.2, -0.15) is 22.8 Å². The van der Waals surface area contributed by atoms with Crippen LogP contribution < -0.4 is 5.48 Å². The van der Waals surface area contributed by atoms with Crippen LogP contribution in [0.5, 0.6) is 0 Å². The minimum Gasteiger partial charge on any atom is -0.444 e. The van der Waals surface area contributed by atoms with Crippen molar-refractivity contribution in [2.45, 2.75) is 168 Å². The number of unbranched alkanes of at least 4 members (excludes halogenated alkanes) is 3. The smallest absolute Gasteiger partial charge is 0.437 e. The van der Waals surface area contributed by atoms with Gasteiger partial charge in [-0.05, 0) is 72.1 Å². The van der Waals surface area contributed by atoms with Crippen molar-refractivity contribution in [3.05, 3.63) is 0 Å². The Balaban J connectivity index is 1.63. The molecule has 3 aliphatic heterocycles. The Bertz CT molecular complexity index is 1160. The molecule has 4 amide bonds. The van der Waals surface area contributed by atoms with Crippen molar-refractivity contribution in [1.82, 2.24) is 25.4 Å². The number of likely N-dealkylation sites (tertiary alicyclic amines) is 1. The molecular formula is C33H61N5O9S. The molecule has 2 bridgehead atoms. The van der Waals surface area contributed by atoms with E-state index in [1.807, 2.05) is 6.92 Å². The van der Waals surface area contributed by atoms with E-state index in [1.54, 1.807) is 30.7 Å². The number of carbonyl (C=O) groups is 3. The van der Waals surface area contributed by atoms with Gasteiger partial charge < -0.3 is 14.5 Å². The molecule has 0 aromatic heterocycles. The van der Waals surface area contributed by atoms with Crippen LogP contribution in [-0.4, -0.2) is 102 Å². The molecule has 0 aromatic rings. The third-order valence-electron chi connectivity index (χ3n) is 9.38. The van der Waals surface area contributed by atoms with Gasteiger partial charge in [0.2, 0.25) is 0 Å². The average molecular weight is 704 g/mol. The van der Waals surface area contributed by atoms with Crippen molar-refractivity contribution in [1.29, 1.82) is 0 Å². The molecular weight excluding hydrogens is 642 g/mol. The Kier molecular flexibility index (Phi) is 15.2. The lowest BCUT2D eigenvalue weighted by Gasteiger charge is -2.43. The van der Waals surface area contributed by atoms with Crippen molar-refractivity contribution in [3.8, 4) is 0 Å². The average Bonchev–Trinajstić information content (AvgIpc) is 3.58. The number of amides is 4. The number of urea groups is 1. The van der Waals surface area contributed by atoms with Crippen LogP contribution in [0.3, 0.4) is 0 Å². The largest absolute Gasteiger partial charge is 0.444 e. The number of piperidine rings is 1. The van der Waals surface area contributed by atoms with Gasteiger partial charge in [-0.25, -0.2) is 15.1 Å². The van der Waals surface area contributed by atoms with Crippen LogP contribution in [0.15, 0.2) is 0 Å². The molecule has 3 atom stereocenters. The Morgan fingerprint density at radius 3 is 2.21 bits per heavy atom. The highest BCUT2D eigenvalue weighted by Gasteiger charge is 2.50. The first kappa shape index (κ1) is 40.2. The lowest BCUT2D eigenvalue weighted by molar-refractivity contribution is -0.172. The van der Waals surface area contributed by atoms with E-state index >= 15 is 0 Å². The molecule has 48 heavy (non-hydrogen) atoms. The molecule has 0 saturated carbocycles. The van der Waals surface area contributed by atoms with E-state index < -0.39 is 51.7 Å². The van der Waals surface area contributed by atoms with E-state index in [4.69, 9.17) is 18.1 Å². The third-order valence-corrected chi connectivity index (χ3v) is 10.1. The molecule has 3 rings (SSSR count). The summed E-state index contributed by atoms with van der Waals surface area (Å²) in [4.78, 5) is 47.6. The van der Waals surface area contributed by atoms with Crippen LogP contribution in [0.25, 0.3) is 0 Å². The van der Waals surface area contributed by atoms with Gasteiger partial charge >= 0.3 is 22.5 Å². The Morgan fingerprint density at radius 1 is 0.938 bits per heavy atom. The van der Waals surface area contributed by atoms with Crippen molar-refractivity contribution in [3.63, 3.8) is 0 Å². The Hall–Kier alpha value is -2.20. The summed E-state index contributed by atoms with van der Waals surface area (Å²) in [5.41, 5.74) is 1.35. The molecule has 278 valence electrons. The van der Waals surface area contributed by atoms with E-state index in [2.05, 4.69) is 26.3 Å². The maximum Gasteiger partial charge on any atom is 0.437 e. The molecule has 0 radical (unpaired) electrons. The van der Waals surface area contributed by atoms with E-state index in [-0.39, 0.29) is 19.2 Å². The van der Waals surface area contributed by atoms with Gasteiger partial charge in [-0.1, -0.05) is 66.2 Å². The summed E-state index contributed by atoms with van der Waals surface area (Å²) in [5.74, 6) is -0.522. The van der Waals surface area contributed by atoms with E-state index in [9.17, 15) is 22.8 Å². The second-order valence-corrected chi connectivity index (χ2v) is 15.6. The maximum absolute atomic E-state index is 13.5. The fourth-order valence-electron chi connectivity index (χ4n) is 6.95. The predicted molar refractivity (Wildman–Crippen MR) is 180 cm³/mol. The lowest BCUT2D eigenvalue weighted by Crippen LogP contribution is -2.51. The summed E-state index contributed by atoms with van der Waals surface area (Å²) in [6.45, 7) is 15.0. The van der Waals surface area contributed by atoms with Crippen molar-refractivity contribution in [2.24, 2.45) is 0 Å². The lowest BCUT2D eigenvalue weighted by atomic mass is 9.82. The second-order valence-electron chi connectivity index (χ2n) is 14.4. The van der Waals surface area contributed by atoms with Gasteiger partial charge in [0.05, 0.1) is 18.7 Å². The van der Waals surface area contributed by atoms with Gasteiger partial charge in [-0.15, -0.1) is 4.28 Å². The topological polar surface area (TPSA) is 147 Å². The quantitative estimate of drug-likeness (QED) is 0.154. The number of hydrogen-bond donors (Lipinski definition) is 1. The highest BCUT2D eigenvalue weighted by atomic mass is 32.3. The minimum absolute atomic E-state index is 0.0731. The van der Waals surface area contributed by atoms with Gasteiger partial charge in [-0.3, -0.25) is 9.63 Å². The zero-order valence-corrected chi connectivity index (χ0v) is 31.1. The highest BCUT2D eigenvalue weighted by molar-refractivity contribution is 7.81. The van der Waals surface area contributed by atoms with Gasteiger partial charge in [0.15, 0.2) is 0 Å².